The number of hydrogen-bond donors (Lipinski definition) is 2. The molecule has 1 aromatic heterocycles. The zero-order valence-electron chi connectivity index (χ0n) is 14.9. The third-order valence-electron chi connectivity index (χ3n) is 4.67. The average molecular weight is 395 g/mol. The molecule has 0 bridgehead atoms. The monoisotopic (exact) mass is 394 g/mol. The summed E-state index contributed by atoms with van der Waals surface area (Å²) in [5.41, 5.74) is 0.736. The van der Waals surface area contributed by atoms with Crippen LogP contribution in [0.4, 0.5) is 0 Å². The number of ether oxygens (including phenoxy) is 1. The minimum atomic E-state index is 0.0282. The Balaban J connectivity index is 1.59. The van der Waals surface area contributed by atoms with Gasteiger partial charge in [-0.1, -0.05) is 43.1 Å². The van der Waals surface area contributed by atoms with Crippen LogP contribution in [0, 0.1) is 5.92 Å². The molecule has 0 radical (unpaired) electrons. The summed E-state index contributed by atoms with van der Waals surface area (Å²) in [6.07, 6.45) is 4.70. The average Bonchev–Trinajstić information content (AvgIpc) is 3.11. The first kappa shape index (κ1) is 19.0. The number of methoxy groups -OCH3 is 1. The standard InChI is InChI=1S/C18H23ClN4O2S/c1-11-5-3-4-6-14(11)20-16(24)10-26-18-21-17(22-23-18)13-9-12(19)7-8-15(13)25-2/h7-9,11,14H,3-6,10H2,1-2H3,(H,20,24)(H,21,22,23)/t11-,14-/m1/s1. The Labute approximate surface area is 162 Å². The van der Waals surface area contributed by atoms with Crippen molar-refractivity contribution in [2.75, 3.05) is 12.9 Å². The van der Waals surface area contributed by atoms with E-state index >= 15 is 0 Å². The van der Waals surface area contributed by atoms with Crippen molar-refractivity contribution < 1.29 is 9.53 Å². The Hall–Kier alpha value is -1.73. The number of nitrogens with zero attached hydrogens (tertiary/aromatic N) is 2. The number of benzene rings is 1. The van der Waals surface area contributed by atoms with Crippen molar-refractivity contribution in [3.63, 3.8) is 0 Å². The third kappa shape index (κ3) is 4.71. The second-order valence-corrected chi connectivity index (χ2v) is 7.91. The highest BCUT2D eigenvalue weighted by Gasteiger charge is 2.23. The van der Waals surface area contributed by atoms with E-state index in [1.54, 1.807) is 25.3 Å². The Morgan fingerprint density at radius 3 is 3.00 bits per heavy atom. The van der Waals surface area contributed by atoms with Gasteiger partial charge in [-0.25, -0.2) is 4.98 Å². The van der Waals surface area contributed by atoms with Crippen molar-refractivity contribution in [1.82, 2.24) is 20.5 Å². The van der Waals surface area contributed by atoms with Crippen molar-refractivity contribution in [3.05, 3.63) is 23.2 Å². The molecule has 0 unspecified atom stereocenters. The lowest BCUT2D eigenvalue weighted by Gasteiger charge is -2.29. The number of halogens is 1. The van der Waals surface area contributed by atoms with Gasteiger partial charge in [-0.3, -0.25) is 9.89 Å². The number of rotatable bonds is 6. The number of H-pyrrole nitrogens is 1. The predicted molar refractivity (Wildman–Crippen MR) is 104 cm³/mol. The van der Waals surface area contributed by atoms with Crippen LogP contribution in [0.25, 0.3) is 11.4 Å². The molecular formula is C18H23ClN4O2S. The molecule has 1 aromatic carbocycles. The second kappa shape index (κ2) is 8.77. The molecule has 0 spiro atoms. The number of carbonyl (C=O) groups excluding carboxylic acids is 1. The largest absolute Gasteiger partial charge is 0.496 e. The normalized spacial score (nSPS) is 20.0. The number of amides is 1. The van der Waals surface area contributed by atoms with Crippen LogP contribution in [-0.2, 0) is 4.79 Å². The zero-order chi connectivity index (χ0) is 18.5. The van der Waals surface area contributed by atoms with Crippen LogP contribution in [0.2, 0.25) is 5.02 Å². The molecule has 1 amide bonds. The van der Waals surface area contributed by atoms with E-state index in [1.807, 2.05) is 0 Å². The van der Waals surface area contributed by atoms with Crippen molar-refractivity contribution in [2.45, 2.75) is 43.8 Å². The van der Waals surface area contributed by atoms with Crippen LogP contribution in [0.1, 0.15) is 32.6 Å². The molecule has 3 rings (SSSR count). The molecule has 2 aromatic rings. The number of thioether (sulfide) groups is 1. The van der Waals surface area contributed by atoms with Gasteiger partial charge in [0.05, 0.1) is 18.4 Å². The highest BCUT2D eigenvalue weighted by Crippen LogP contribution is 2.31. The molecule has 1 saturated carbocycles. The van der Waals surface area contributed by atoms with E-state index in [0.29, 0.717) is 33.4 Å². The molecule has 2 N–H and O–H groups in total. The quantitative estimate of drug-likeness (QED) is 0.726. The predicted octanol–water partition coefficient (Wildman–Crippen LogP) is 3.92. The first-order valence-electron chi connectivity index (χ1n) is 8.75. The topological polar surface area (TPSA) is 79.9 Å². The van der Waals surface area contributed by atoms with Crippen molar-refractivity contribution in [1.29, 1.82) is 0 Å². The third-order valence-corrected chi connectivity index (χ3v) is 5.75. The SMILES string of the molecule is COc1ccc(Cl)cc1-c1nc(SCC(=O)N[C@@H]2CCCC[C@H]2C)n[nH]1. The molecule has 1 aliphatic carbocycles. The summed E-state index contributed by atoms with van der Waals surface area (Å²) in [4.78, 5) is 16.7. The highest BCUT2D eigenvalue weighted by molar-refractivity contribution is 7.99. The zero-order valence-corrected chi connectivity index (χ0v) is 16.5. The van der Waals surface area contributed by atoms with E-state index in [1.165, 1.54) is 31.0 Å². The van der Waals surface area contributed by atoms with Gasteiger partial charge in [0, 0.05) is 11.1 Å². The first-order chi connectivity index (χ1) is 12.6. The van der Waals surface area contributed by atoms with Crippen LogP contribution in [0.15, 0.2) is 23.4 Å². The fraction of sp³-hybridized carbons (Fsp3) is 0.500. The molecule has 0 aliphatic heterocycles. The van der Waals surface area contributed by atoms with Gasteiger partial charge < -0.3 is 10.1 Å². The molecule has 1 heterocycles. The molecular weight excluding hydrogens is 372 g/mol. The molecule has 0 saturated heterocycles. The van der Waals surface area contributed by atoms with E-state index in [2.05, 4.69) is 27.4 Å². The molecule has 6 nitrogen and oxygen atoms in total. The second-order valence-electron chi connectivity index (χ2n) is 6.54. The molecule has 26 heavy (non-hydrogen) atoms. The van der Waals surface area contributed by atoms with Gasteiger partial charge in [0.25, 0.3) is 0 Å². The van der Waals surface area contributed by atoms with Gasteiger partial charge in [0.15, 0.2) is 5.82 Å². The van der Waals surface area contributed by atoms with E-state index in [0.717, 1.165) is 12.0 Å². The van der Waals surface area contributed by atoms with Gasteiger partial charge in [0.2, 0.25) is 11.1 Å². The summed E-state index contributed by atoms with van der Waals surface area (Å²) in [6, 6.07) is 5.60. The van der Waals surface area contributed by atoms with E-state index in [9.17, 15) is 4.79 Å². The number of carbonyl (C=O) groups is 1. The van der Waals surface area contributed by atoms with Gasteiger partial charge >= 0.3 is 0 Å². The van der Waals surface area contributed by atoms with E-state index in [4.69, 9.17) is 16.3 Å². The minimum Gasteiger partial charge on any atom is -0.496 e. The minimum absolute atomic E-state index is 0.0282. The summed E-state index contributed by atoms with van der Waals surface area (Å²) >= 11 is 7.37. The summed E-state index contributed by atoms with van der Waals surface area (Å²) in [5, 5.41) is 11.3. The van der Waals surface area contributed by atoms with Gasteiger partial charge in [-0.05, 0) is 37.0 Å². The van der Waals surface area contributed by atoms with E-state index < -0.39 is 0 Å². The first-order valence-corrected chi connectivity index (χ1v) is 10.1. The number of aromatic amines is 1. The number of hydrogen-bond acceptors (Lipinski definition) is 5. The van der Waals surface area contributed by atoms with Crippen molar-refractivity contribution in [2.24, 2.45) is 5.92 Å². The highest BCUT2D eigenvalue weighted by atomic mass is 35.5. The smallest absolute Gasteiger partial charge is 0.230 e. The Bertz CT molecular complexity index is 767. The molecule has 140 valence electrons. The summed E-state index contributed by atoms with van der Waals surface area (Å²) < 4.78 is 5.34. The van der Waals surface area contributed by atoms with Gasteiger partial charge in [0.1, 0.15) is 5.75 Å². The lowest BCUT2D eigenvalue weighted by atomic mass is 9.86. The van der Waals surface area contributed by atoms with E-state index in [-0.39, 0.29) is 11.9 Å². The molecule has 1 aliphatic rings. The Kier molecular flexibility index (Phi) is 6.43. The lowest BCUT2D eigenvalue weighted by molar-refractivity contribution is -0.119. The van der Waals surface area contributed by atoms with Crippen LogP contribution in [0.3, 0.4) is 0 Å². The van der Waals surface area contributed by atoms with Crippen LogP contribution in [-0.4, -0.2) is 40.0 Å². The Morgan fingerprint density at radius 2 is 2.23 bits per heavy atom. The van der Waals surface area contributed by atoms with Crippen LogP contribution in [0.5, 0.6) is 5.75 Å². The molecule has 1 fully saturated rings. The fourth-order valence-electron chi connectivity index (χ4n) is 3.21. The Morgan fingerprint density at radius 1 is 1.42 bits per heavy atom. The summed E-state index contributed by atoms with van der Waals surface area (Å²) in [6.45, 7) is 2.21. The maximum absolute atomic E-state index is 12.2. The number of nitrogens with one attached hydrogen (secondary N) is 2. The van der Waals surface area contributed by atoms with Crippen molar-refractivity contribution in [3.8, 4) is 17.1 Å². The van der Waals surface area contributed by atoms with Crippen LogP contribution < -0.4 is 10.1 Å². The van der Waals surface area contributed by atoms with Gasteiger partial charge in [-0.15, -0.1) is 5.10 Å². The van der Waals surface area contributed by atoms with Crippen molar-refractivity contribution >= 4 is 29.3 Å². The fourth-order valence-corrected chi connectivity index (χ4v) is 3.99. The summed E-state index contributed by atoms with van der Waals surface area (Å²) in [5.74, 6) is 2.09. The molecule has 2 atom stereocenters. The lowest BCUT2D eigenvalue weighted by Crippen LogP contribution is -2.41. The maximum Gasteiger partial charge on any atom is 0.230 e. The maximum atomic E-state index is 12.2. The number of aromatic nitrogens is 3. The van der Waals surface area contributed by atoms with Crippen LogP contribution >= 0.6 is 23.4 Å². The summed E-state index contributed by atoms with van der Waals surface area (Å²) in [7, 11) is 1.59. The molecule has 8 heteroatoms. The van der Waals surface area contributed by atoms with Gasteiger partial charge in [-0.2, -0.15) is 0 Å².